The first kappa shape index (κ1) is 20.3. The van der Waals surface area contributed by atoms with Crippen LogP contribution in [0.25, 0.3) is 10.2 Å². The fourth-order valence-corrected chi connectivity index (χ4v) is 5.88. The molecule has 2 heterocycles. The van der Waals surface area contributed by atoms with E-state index in [0.29, 0.717) is 40.8 Å². The molecule has 0 atom stereocenters. The van der Waals surface area contributed by atoms with Crippen LogP contribution >= 0.6 is 22.9 Å². The minimum absolute atomic E-state index is 0.208. The second kappa shape index (κ2) is 8.02. The Morgan fingerprint density at radius 3 is 2.55 bits per heavy atom. The first-order valence-corrected chi connectivity index (χ1v) is 12.0. The molecule has 1 aromatic heterocycles. The number of fused-ring (bicyclic) bond motifs is 1. The molecule has 9 heteroatoms. The van der Waals surface area contributed by atoms with Gasteiger partial charge >= 0.3 is 0 Å². The molecule has 1 amide bonds. The SMILES string of the molecule is CC1CCN(S(=O)(=O)c2ccc(C(=O)Nc3ccc(Cl)c4ncsc34)cc2)CC1. The Kier molecular flexibility index (Phi) is 5.61. The van der Waals surface area contributed by atoms with Crippen LogP contribution in [-0.4, -0.2) is 36.7 Å². The second-order valence-corrected chi connectivity index (χ2v) is 10.4. The maximum Gasteiger partial charge on any atom is 0.255 e. The smallest absolute Gasteiger partial charge is 0.255 e. The van der Waals surface area contributed by atoms with E-state index in [4.69, 9.17) is 11.6 Å². The Morgan fingerprint density at radius 1 is 1.17 bits per heavy atom. The zero-order valence-electron chi connectivity index (χ0n) is 15.8. The number of nitrogens with zero attached hydrogens (tertiary/aromatic N) is 2. The zero-order valence-corrected chi connectivity index (χ0v) is 18.1. The number of sulfonamides is 1. The van der Waals surface area contributed by atoms with Crippen LogP contribution in [0, 0.1) is 5.92 Å². The lowest BCUT2D eigenvalue weighted by molar-refractivity contribution is 0.102. The van der Waals surface area contributed by atoms with Gasteiger partial charge in [-0.25, -0.2) is 13.4 Å². The topological polar surface area (TPSA) is 79.4 Å². The monoisotopic (exact) mass is 449 g/mol. The molecular weight excluding hydrogens is 430 g/mol. The maximum absolute atomic E-state index is 12.8. The average Bonchev–Trinajstić information content (AvgIpc) is 3.22. The van der Waals surface area contributed by atoms with Gasteiger partial charge in [-0.1, -0.05) is 18.5 Å². The van der Waals surface area contributed by atoms with Crippen LogP contribution in [0.2, 0.25) is 5.02 Å². The fraction of sp³-hybridized carbons (Fsp3) is 0.300. The molecule has 1 N–H and O–H groups in total. The molecule has 0 saturated carbocycles. The molecule has 29 heavy (non-hydrogen) atoms. The van der Waals surface area contributed by atoms with Crippen molar-refractivity contribution in [2.75, 3.05) is 18.4 Å². The first-order valence-electron chi connectivity index (χ1n) is 9.29. The summed E-state index contributed by atoms with van der Waals surface area (Å²) in [6.07, 6.45) is 1.74. The van der Waals surface area contributed by atoms with Gasteiger partial charge in [-0.2, -0.15) is 4.31 Å². The Hall–Kier alpha value is -2.00. The highest BCUT2D eigenvalue weighted by molar-refractivity contribution is 7.89. The number of aromatic nitrogens is 1. The van der Waals surface area contributed by atoms with E-state index in [2.05, 4.69) is 17.2 Å². The van der Waals surface area contributed by atoms with E-state index in [1.54, 1.807) is 17.6 Å². The predicted molar refractivity (Wildman–Crippen MR) is 116 cm³/mol. The highest BCUT2D eigenvalue weighted by Gasteiger charge is 2.28. The molecule has 2 aromatic carbocycles. The van der Waals surface area contributed by atoms with Crippen molar-refractivity contribution >= 4 is 54.8 Å². The summed E-state index contributed by atoms with van der Waals surface area (Å²) in [5.74, 6) is 0.225. The summed E-state index contributed by atoms with van der Waals surface area (Å²) in [4.78, 5) is 17.1. The number of anilines is 1. The van der Waals surface area contributed by atoms with Gasteiger partial charge in [0.05, 0.1) is 25.8 Å². The van der Waals surface area contributed by atoms with Crippen LogP contribution < -0.4 is 5.32 Å². The lowest BCUT2D eigenvalue weighted by Gasteiger charge is -2.29. The molecule has 3 aromatic rings. The van der Waals surface area contributed by atoms with Crippen molar-refractivity contribution in [2.45, 2.75) is 24.7 Å². The Balaban J connectivity index is 1.52. The van der Waals surface area contributed by atoms with E-state index in [-0.39, 0.29) is 10.8 Å². The molecule has 1 aliphatic rings. The van der Waals surface area contributed by atoms with Crippen molar-refractivity contribution in [3.63, 3.8) is 0 Å². The molecule has 0 bridgehead atoms. The van der Waals surface area contributed by atoms with Crippen LogP contribution in [0.15, 0.2) is 46.8 Å². The van der Waals surface area contributed by atoms with Gasteiger partial charge in [0, 0.05) is 18.7 Å². The van der Waals surface area contributed by atoms with Crippen molar-refractivity contribution in [1.29, 1.82) is 0 Å². The van der Waals surface area contributed by atoms with Gasteiger partial charge in [0.25, 0.3) is 5.91 Å². The largest absolute Gasteiger partial charge is 0.321 e. The van der Waals surface area contributed by atoms with Crippen molar-refractivity contribution in [1.82, 2.24) is 9.29 Å². The highest BCUT2D eigenvalue weighted by Crippen LogP contribution is 2.32. The molecule has 4 rings (SSSR count). The quantitative estimate of drug-likeness (QED) is 0.630. The maximum atomic E-state index is 12.8. The summed E-state index contributed by atoms with van der Waals surface area (Å²) in [6.45, 7) is 3.21. The molecular formula is C20H20ClN3O3S2. The molecule has 6 nitrogen and oxygen atoms in total. The molecule has 1 aliphatic heterocycles. The van der Waals surface area contributed by atoms with E-state index in [1.807, 2.05) is 0 Å². The van der Waals surface area contributed by atoms with Crippen molar-refractivity contribution < 1.29 is 13.2 Å². The Labute approximate surface area is 178 Å². The van der Waals surface area contributed by atoms with E-state index < -0.39 is 10.0 Å². The number of hydrogen-bond acceptors (Lipinski definition) is 5. The molecule has 1 fully saturated rings. The molecule has 1 saturated heterocycles. The molecule has 0 aliphatic carbocycles. The lowest BCUT2D eigenvalue weighted by atomic mass is 10.0. The third-order valence-corrected chi connectivity index (χ3v) is 8.26. The number of hydrogen-bond donors (Lipinski definition) is 1. The van der Waals surface area contributed by atoms with E-state index in [9.17, 15) is 13.2 Å². The number of benzene rings is 2. The van der Waals surface area contributed by atoms with E-state index in [0.717, 1.165) is 17.5 Å². The number of carbonyl (C=O) groups excluding carboxylic acids is 1. The summed E-state index contributed by atoms with van der Waals surface area (Å²) in [5.41, 5.74) is 3.32. The minimum Gasteiger partial charge on any atom is -0.321 e. The van der Waals surface area contributed by atoms with Crippen LogP contribution in [0.5, 0.6) is 0 Å². The standard InChI is InChI=1S/C20H20ClN3O3S2/c1-13-8-10-24(11-9-13)29(26,27)15-4-2-14(3-5-15)20(25)23-17-7-6-16(21)18-19(17)28-12-22-18/h2-7,12-13H,8-11H2,1H3,(H,23,25). The fourth-order valence-electron chi connectivity index (χ4n) is 3.36. The molecule has 0 unspecified atom stereocenters. The van der Waals surface area contributed by atoms with Crippen LogP contribution in [0.3, 0.4) is 0 Å². The van der Waals surface area contributed by atoms with Gasteiger partial charge in [-0.15, -0.1) is 11.3 Å². The summed E-state index contributed by atoms with van der Waals surface area (Å²) in [5, 5.41) is 3.38. The van der Waals surface area contributed by atoms with Gasteiger partial charge in [0.1, 0.15) is 5.52 Å². The van der Waals surface area contributed by atoms with Crippen LogP contribution in [0.4, 0.5) is 5.69 Å². The molecule has 152 valence electrons. The summed E-state index contributed by atoms with van der Waals surface area (Å²) in [7, 11) is -3.53. The van der Waals surface area contributed by atoms with Crippen LogP contribution in [0.1, 0.15) is 30.1 Å². The van der Waals surface area contributed by atoms with Crippen molar-refractivity contribution in [2.24, 2.45) is 5.92 Å². The highest BCUT2D eigenvalue weighted by atomic mass is 35.5. The van der Waals surface area contributed by atoms with Gasteiger partial charge in [0.2, 0.25) is 10.0 Å². The average molecular weight is 450 g/mol. The molecule has 0 radical (unpaired) electrons. The number of rotatable bonds is 4. The van der Waals surface area contributed by atoms with E-state index in [1.165, 1.54) is 39.9 Å². The lowest BCUT2D eigenvalue weighted by Crippen LogP contribution is -2.37. The number of piperidine rings is 1. The predicted octanol–water partition coefficient (Wildman–Crippen LogP) is 4.62. The Bertz CT molecular complexity index is 1150. The summed E-state index contributed by atoms with van der Waals surface area (Å²) >= 11 is 7.52. The number of halogens is 1. The minimum atomic E-state index is -3.53. The van der Waals surface area contributed by atoms with Gasteiger partial charge in [-0.3, -0.25) is 4.79 Å². The van der Waals surface area contributed by atoms with Gasteiger partial charge in [-0.05, 0) is 55.2 Å². The van der Waals surface area contributed by atoms with E-state index >= 15 is 0 Å². The third kappa shape index (κ3) is 4.02. The number of carbonyl (C=O) groups is 1. The Morgan fingerprint density at radius 2 is 1.86 bits per heavy atom. The first-order chi connectivity index (χ1) is 13.9. The number of amides is 1. The van der Waals surface area contributed by atoms with Crippen molar-refractivity contribution in [3.05, 3.63) is 52.5 Å². The number of nitrogens with one attached hydrogen (secondary N) is 1. The van der Waals surface area contributed by atoms with Gasteiger partial charge < -0.3 is 5.32 Å². The molecule has 0 spiro atoms. The van der Waals surface area contributed by atoms with Gasteiger partial charge in [0.15, 0.2) is 0 Å². The number of thiazole rings is 1. The summed E-state index contributed by atoms with van der Waals surface area (Å²) < 4.78 is 28.0. The zero-order chi connectivity index (χ0) is 20.6. The third-order valence-electron chi connectivity index (χ3n) is 5.18. The summed E-state index contributed by atoms with van der Waals surface area (Å²) in [6, 6.07) is 9.48. The van der Waals surface area contributed by atoms with Crippen molar-refractivity contribution in [3.8, 4) is 0 Å². The normalized spacial score (nSPS) is 16.2. The van der Waals surface area contributed by atoms with Crippen LogP contribution in [-0.2, 0) is 10.0 Å². The second-order valence-electron chi connectivity index (χ2n) is 7.19.